The number of fused-ring (bicyclic) bond motifs is 1. The molecule has 1 saturated heterocycles. The quantitative estimate of drug-likeness (QED) is 0.530. The van der Waals surface area contributed by atoms with Crippen LogP contribution in [0.2, 0.25) is 0 Å². The van der Waals surface area contributed by atoms with Gasteiger partial charge in [-0.05, 0) is 63.4 Å². The van der Waals surface area contributed by atoms with Crippen LogP contribution in [-0.4, -0.2) is 43.8 Å². The van der Waals surface area contributed by atoms with Gasteiger partial charge in [0.25, 0.3) is 0 Å². The molecule has 0 saturated carbocycles. The van der Waals surface area contributed by atoms with E-state index in [-0.39, 0.29) is 5.97 Å². The van der Waals surface area contributed by atoms with Gasteiger partial charge in [0.05, 0.1) is 6.61 Å². The highest BCUT2D eigenvalue weighted by Gasteiger charge is 2.26. The van der Waals surface area contributed by atoms with Crippen molar-refractivity contribution in [3.63, 3.8) is 0 Å². The van der Waals surface area contributed by atoms with Gasteiger partial charge in [0.15, 0.2) is 11.5 Å². The lowest BCUT2D eigenvalue weighted by molar-refractivity contribution is -0.143. The second-order valence-corrected chi connectivity index (χ2v) is 6.71. The first kappa shape index (κ1) is 18.1. The minimum absolute atomic E-state index is 0.0715. The van der Waals surface area contributed by atoms with E-state index < -0.39 is 0 Å². The number of ether oxygens (including phenoxy) is 3. The lowest BCUT2D eigenvalue weighted by Crippen LogP contribution is -2.24. The number of esters is 1. The standard InChI is InChI=1S/C20H29NO4/c1-2-23-20(22)8-4-3-5-11-21-12-6-7-17(21)16-9-10-18-19(15-16)25-14-13-24-18/h9-10,15,17H,2-8,11-14H2,1H3. The number of unbranched alkanes of at least 4 members (excludes halogenated alkanes) is 2. The largest absolute Gasteiger partial charge is 0.486 e. The number of benzene rings is 1. The molecule has 1 unspecified atom stereocenters. The normalized spacial score (nSPS) is 19.8. The maximum atomic E-state index is 11.4. The average Bonchev–Trinajstić information content (AvgIpc) is 3.10. The summed E-state index contributed by atoms with van der Waals surface area (Å²) in [7, 11) is 0. The van der Waals surface area contributed by atoms with Gasteiger partial charge in [0.2, 0.25) is 0 Å². The molecule has 0 spiro atoms. The highest BCUT2D eigenvalue weighted by molar-refractivity contribution is 5.69. The Morgan fingerprint density at radius 2 is 2.04 bits per heavy atom. The van der Waals surface area contributed by atoms with E-state index in [9.17, 15) is 4.79 Å². The van der Waals surface area contributed by atoms with E-state index in [2.05, 4.69) is 17.0 Å². The molecule has 0 aromatic heterocycles. The van der Waals surface area contributed by atoms with Crippen molar-refractivity contribution in [3.8, 4) is 11.5 Å². The van der Waals surface area contributed by atoms with Crippen LogP contribution < -0.4 is 9.47 Å². The molecule has 5 nitrogen and oxygen atoms in total. The molecule has 0 bridgehead atoms. The van der Waals surface area contributed by atoms with Gasteiger partial charge in [-0.1, -0.05) is 12.5 Å². The van der Waals surface area contributed by atoms with Gasteiger partial charge >= 0.3 is 5.97 Å². The van der Waals surface area contributed by atoms with Crippen molar-refractivity contribution in [1.29, 1.82) is 0 Å². The molecule has 0 aliphatic carbocycles. The molecule has 1 aromatic rings. The van der Waals surface area contributed by atoms with Crippen LogP contribution >= 0.6 is 0 Å². The third-order valence-electron chi connectivity index (χ3n) is 4.95. The summed E-state index contributed by atoms with van der Waals surface area (Å²) in [5, 5.41) is 0. The second-order valence-electron chi connectivity index (χ2n) is 6.71. The Hall–Kier alpha value is -1.75. The van der Waals surface area contributed by atoms with Gasteiger partial charge in [-0.15, -0.1) is 0 Å². The summed E-state index contributed by atoms with van der Waals surface area (Å²) in [5.41, 5.74) is 1.33. The molecule has 0 amide bonds. The Balaban J connectivity index is 1.47. The number of nitrogens with zero attached hydrogens (tertiary/aromatic N) is 1. The summed E-state index contributed by atoms with van der Waals surface area (Å²) in [6, 6.07) is 6.84. The first-order chi connectivity index (χ1) is 12.3. The maximum Gasteiger partial charge on any atom is 0.305 e. The third kappa shape index (κ3) is 4.88. The highest BCUT2D eigenvalue weighted by Crippen LogP contribution is 2.38. The Morgan fingerprint density at radius 1 is 1.20 bits per heavy atom. The van der Waals surface area contributed by atoms with Crippen molar-refractivity contribution < 1.29 is 19.0 Å². The fourth-order valence-corrected chi connectivity index (χ4v) is 3.73. The number of hydrogen-bond acceptors (Lipinski definition) is 5. The third-order valence-corrected chi connectivity index (χ3v) is 4.95. The van der Waals surface area contributed by atoms with E-state index in [1.807, 2.05) is 13.0 Å². The lowest BCUT2D eigenvalue weighted by atomic mass is 10.0. The fraction of sp³-hybridized carbons (Fsp3) is 0.650. The monoisotopic (exact) mass is 347 g/mol. The highest BCUT2D eigenvalue weighted by atomic mass is 16.6. The Bertz CT molecular complexity index is 575. The molecule has 5 heteroatoms. The zero-order valence-corrected chi connectivity index (χ0v) is 15.2. The topological polar surface area (TPSA) is 48.0 Å². The van der Waals surface area contributed by atoms with Crippen molar-refractivity contribution in [3.05, 3.63) is 23.8 Å². The molecule has 2 aliphatic rings. The van der Waals surface area contributed by atoms with Crippen LogP contribution in [0.25, 0.3) is 0 Å². The first-order valence-corrected chi connectivity index (χ1v) is 9.57. The molecular formula is C20H29NO4. The van der Waals surface area contributed by atoms with Crippen LogP contribution in [0.1, 0.15) is 57.1 Å². The summed E-state index contributed by atoms with van der Waals surface area (Å²) in [5.74, 6) is 1.67. The van der Waals surface area contributed by atoms with Crippen molar-refractivity contribution in [2.75, 3.05) is 32.9 Å². The van der Waals surface area contributed by atoms with Crippen LogP contribution in [0.3, 0.4) is 0 Å². The number of carbonyl (C=O) groups is 1. The van der Waals surface area contributed by atoms with Gasteiger partial charge in [-0.3, -0.25) is 9.69 Å². The van der Waals surface area contributed by atoms with E-state index in [0.717, 1.165) is 43.9 Å². The van der Waals surface area contributed by atoms with Crippen molar-refractivity contribution in [2.45, 2.75) is 51.5 Å². The average molecular weight is 347 g/mol. The van der Waals surface area contributed by atoms with Crippen LogP contribution in [0.4, 0.5) is 0 Å². The lowest BCUT2D eigenvalue weighted by Gasteiger charge is -2.26. The summed E-state index contributed by atoms with van der Waals surface area (Å²) in [4.78, 5) is 13.9. The molecule has 1 aromatic carbocycles. The predicted octanol–water partition coefficient (Wildman–Crippen LogP) is 3.72. The van der Waals surface area contributed by atoms with E-state index in [1.165, 1.54) is 18.4 Å². The van der Waals surface area contributed by atoms with E-state index in [0.29, 0.717) is 32.3 Å². The number of hydrogen-bond donors (Lipinski definition) is 0. The molecule has 3 rings (SSSR count). The molecule has 0 N–H and O–H groups in total. The number of carbonyl (C=O) groups excluding carboxylic acids is 1. The van der Waals surface area contributed by atoms with Crippen LogP contribution in [0, 0.1) is 0 Å². The molecular weight excluding hydrogens is 318 g/mol. The molecule has 1 atom stereocenters. The van der Waals surface area contributed by atoms with Gasteiger partial charge in [0, 0.05) is 12.5 Å². The number of rotatable bonds is 8. The van der Waals surface area contributed by atoms with Crippen LogP contribution in [-0.2, 0) is 9.53 Å². The zero-order valence-electron chi connectivity index (χ0n) is 15.2. The molecule has 2 heterocycles. The second kappa shape index (κ2) is 9.09. The smallest absolute Gasteiger partial charge is 0.305 e. The molecule has 0 radical (unpaired) electrons. The SMILES string of the molecule is CCOC(=O)CCCCCN1CCCC1c1ccc2c(c1)OCCO2. The summed E-state index contributed by atoms with van der Waals surface area (Å²) < 4.78 is 16.3. The number of likely N-dealkylation sites (tertiary alicyclic amines) is 1. The summed E-state index contributed by atoms with van der Waals surface area (Å²) >= 11 is 0. The van der Waals surface area contributed by atoms with Crippen molar-refractivity contribution in [1.82, 2.24) is 4.90 Å². The van der Waals surface area contributed by atoms with Gasteiger partial charge in [0.1, 0.15) is 13.2 Å². The molecule has 1 fully saturated rings. The Morgan fingerprint density at radius 3 is 2.88 bits per heavy atom. The molecule has 138 valence electrons. The van der Waals surface area contributed by atoms with E-state index >= 15 is 0 Å². The molecule has 2 aliphatic heterocycles. The van der Waals surface area contributed by atoms with Gasteiger partial charge in [-0.25, -0.2) is 0 Å². The Labute approximate surface area is 150 Å². The van der Waals surface area contributed by atoms with E-state index in [1.54, 1.807) is 0 Å². The molecule has 25 heavy (non-hydrogen) atoms. The van der Waals surface area contributed by atoms with Crippen LogP contribution in [0.5, 0.6) is 11.5 Å². The van der Waals surface area contributed by atoms with Gasteiger partial charge < -0.3 is 14.2 Å². The maximum absolute atomic E-state index is 11.4. The predicted molar refractivity (Wildman–Crippen MR) is 96.1 cm³/mol. The van der Waals surface area contributed by atoms with Crippen molar-refractivity contribution in [2.24, 2.45) is 0 Å². The minimum atomic E-state index is -0.0715. The Kier molecular flexibility index (Phi) is 6.56. The summed E-state index contributed by atoms with van der Waals surface area (Å²) in [6.07, 6.45) is 6.09. The van der Waals surface area contributed by atoms with Crippen LogP contribution in [0.15, 0.2) is 18.2 Å². The zero-order chi connectivity index (χ0) is 17.5. The minimum Gasteiger partial charge on any atom is -0.486 e. The first-order valence-electron chi connectivity index (χ1n) is 9.57. The van der Waals surface area contributed by atoms with Crippen molar-refractivity contribution >= 4 is 5.97 Å². The summed E-state index contributed by atoms with van der Waals surface area (Å²) in [6.45, 7) is 5.82. The fourth-order valence-electron chi connectivity index (χ4n) is 3.73. The van der Waals surface area contributed by atoms with E-state index in [4.69, 9.17) is 14.2 Å². The van der Waals surface area contributed by atoms with Gasteiger partial charge in [-0.2, -0.15) is 0 Å².